The molecule has 2 aliphatic rings. The fraction of sp³-hybridized carbons (Fsp3) is 0.407. The molecule has 1 N–H and O–H groups in total. The van der Waals surface area contributed by atoms with Gasteiger partial charge in [-0.3, -0.25) is 4.79 Å². The van der Waals surface area contributed by atoms with E-state index in [2.05, 4.69) is 15.3 Å². The topological polar surface area (TPSA) is 53.4 Å². The summed E-state index contributed by atoms with van der Waals surface area (Å²) in [7, 11) is 0. The molecule has 2 aromatic carbocycles. The molecule has 5 rings (SSSR count). The molecule has 11 heteroatoms. The molecule has 1 aromatic heterocycles. The summed E-state index contributed by atoms with van der Waals surface area (Å²) in [5, 5.41) is 7.94. The van der Waals surface area contributed by atoms with Crippen molar-refractivity contribution in [3.8, 4) is 5.69 Å². The summed E-state index contributed by atoms with van der Waals surface area (Å²) in [6.07, 6.45) is -2.91. The van der Waals surface area contributed by atoms with Gasteiger partial charge in [0.1, 0.15) is 5.82 Å². The monoisotopic (exact) mass is 549 g/mol. The zero-order chi connectivity index (χ0) is 27.0. The van der Waals surface area contributed by atoms with Gasteiger partial charge in [-0.2, -0.15) is 18.3 Å². The predicted molar refractivity (Wildman–Crippen MR) is 137 cm³/mol. The van der Waals surface area contributed by atoms with Gasteiger partial charge in [-0.05, 0) is 73.7 Å². The van der Waals surface area contributed by atoms with Crippen LogP contribution >= 0.6 is 11.6 Å². The molecule has 0 aliphatic carbocycles. The van der Waals surface area contributed by atoms with Crippen molar-refractivity contribution in [3.63, 3.8) is 0 Å². The summed E-state index contributed by atoms with van der Waals surface area (Å²) in [5.74, 6) is -0.794. The maximum absolute atomic E-state index is 14.0. The number of nitrogens with one attached hydrogen (secondary N) is 1. The van der Waals surface area contributed by atoms with E-state index in [4.69, 9.17) is 11.6 Å². The lowest BCUT2D eigenvalue weighted by Gasteiger charge is -2.22. The SMILES string of the molecule is Cc1ccc(NCCCN2CC3CN(C(=O)c4cnn(-c5ccc(F)cc5)c4C(F)(F)F)CC3C2)cc1Cl. The molecule has 2 aliphatic heterocycles. The molecule has 0 saturated carbocycles. The van der Waals surface area contributed by atoms with Crippen molar-refractivity contribution < 1.29 is 22.4 Å². The van der Waals surface area contributed by atoms with Gasteiger partial charge in [0.15, 0.2) is 5.69 Å². The minimum Gasteiger partial charge on any atom is -0.385 e. The van der Waals surface area contributed by atoms with Gasteiger partial charge in [0.2, 0.25) is 0 Å². The molecule has 0 bridgehead atoms. The van der Waals surface area contributed by atoms with Crippen molar-refractivity contribution in [2.45, 2.75) is 19.5 Å². The molecule has 2 unspecified atom stereocenters. The molecule has 2 fully saturated rings. The molecule has 3 heterocycles. The van der Waals surface area contributed by atoms with E-state index in [1.807, 2.05) is 25.1 Å². The van der Waals surface area contributed by atoms with Crippen LogP contribution in [0.5, 0.6) is 0 Å². The van der Waals surface area contributed by atoms with Crippen molar-refractivity contribution >= 4 is 23.2 Å². The van der Waals surface area contributed by atoms with E-state index in [1.54, 1.807) is 0 Å². The summed E-state index contributed by atoms with van der Waals surface area (Å²) in [5.41, 5.74) is 0.418. The number of likely N-dealkylation sites (tertiary alicyclic amines) is 2. The number of carbonyl (C=O) groups is 1. The van der Waals surface area contributed by atoms with Crippen LogP contribution in [0.2, 0.25) is 5.02 Å². The molecule has 2 atom stereocenters. The molecule has 202 valence electrons. The average Bonchev–Trinajstić information content (AvgIpc) is 3.57. The summed E-state index contributed by atoms with van der Waals surface area (Å²) >= 11 is 6.17. The zero-order valence-electron chi connectivity index (χ0n) is 20.8. The molecule has 0 spiro atoms. The number of amides is 1. The number of hydrogen-bond acceptors (Lipinski definition) is 4. The Bertz CT molecular complexity index is 1300. The van der Waals surface area contributed by atoms with Crippen LogP contribution in [0.1, 0.15) is 28.0 Å². The molecule has 1 amide bonds. The molecule has 3 aromatic rings. The first-order valence-electron chi connectivity index (χ1n) is 12.5. The third-order valence-corrected chi connectivity index (χ3v) is 7.75. The number of carbonyl (C=O) groups excluding carboxylic acids is 1. The van der Waals surface area contributed by atoms with Gasteiger partial charge in [0.05, 0.1) is 17.4 Å². The Kier molecular flexibility index (Phi) is 7.37. The number of nitrogens with zero attached hydrogens (tertiary/aromatic N) is 4. The lowest BCUT2D eigenvalue weighted by Crippen LogP contribution is -2.34. The van der Waals surface area contributed by atoms with Crippen LogP contribution in [0.25, 0.3) is 5.69 Å². The van der Waals surface area contributed by atoms with Gasteiger partial charge in [-0.25, -0.2) is 9.07 Å². The van der Waals surface area contributed by atoms with Gasteiger partial charge in [-0.1, -0.05) is 17.7 Å². The summed E-state index contributed by atoms with van der Waals surface area (Å²) in [6.45, 7) is 6.11. The van der Waals surface area contributed by atoms with Crippen molar-refractivity contribution in [2.75, 3.05) is 44.6 Å². The smallest absolute Gasteiger partial charge is 0.385 e. The van der Waals surface area contributed by atoms with Crippen LogP contribution in [-0.4, -0.2) is 64.8 Å². The van der Waals surface area contributed by atoms with Crippen molar-refractivity contribution in [3.05, 3.63) is 76.3 Å². The first kappa shape index (κ1) is 26.5. The van der Waals surface area contributed by atoms with Crippen LogP contribution < -0.4 is 5.32 Å². The minimum absolute atomic E-state index is 0.0340. The normalized spacial score (nSPS) is 19.7. The summed E-state index contributed by atoms with van der Waals surface area (Å²) in [4.78, 5) is 17.1. The quantitative estimate of drug-likeness (QED) is 0.312. The molecular formula is C27H28ClF4N5O. The van der Waals surface area contributed by atoms with Gasteiger partial charge in [0.25, 0.3) is 5.91 Å². The van der Waals surface area contributed by atoms with Crippen LogP contribution in [0.15, 0.2) is 48.7 Å². The maximum Gasteiger partial charge on any atom is 0.434 e. The highest BCUT2D eigenvalue weighted by Gasteiger charge is 2.45. The summed E-state index contributed by atoms with van der Waals surface area (Å²) in [6, 6.07) is 10.4. The van der Waals surface area contributed by atoms with Crippen LogP contribution in [-0.2, 0) is 6.18 Å². The highest BCUT2D eigenvalue weighted by atomic mass is 35.5. The summed E-state index contributed by atoms with van der Waals surface area (Å²) < 4.78 is 55.9. The predicted octanol–water partition coefficient (Wildman–Crippen LogP) is 5.50. The highest BCUT2D eigenvalue weighted by Crippen LogP contribution is 2.37. The number of rotatable bonds is 7. The van der Waals surface area contributed by atoms with Crippen LogP contribution in [0.4, 0.5) is 23.2 Å². The van der Waals surface area contributed by atoms with E-state index >= 15 is 0 Å². The number of aromatic nitrogens is 2. The number of hydrogen-bond donors (Lipinski definition) is 1. The Morgan fingerprint density at radius 3 is 2.39 bits per heavy atom. The molecule has 6 nitrogen and oxygen atoms in total. The van der Waals surface area contributed by atoms with E-state index in [1.165, 1.54) is 17.0 Å². The van der Waals surface area contributed by atoms with Crippen molar-refractivity contribution in [1.29, 1.82) is 0 Å². The number of benzene rings is 2. The zero-order valence-corrected chi connectivity index (χ0v) is 21.6. The minimum atomic E-state index is -4.81. The first-order chi connectivity index (χ1) is 18.1. The standard InChI is InChI=1S/C27H28ClF4N5O/c1-17-3-6-21(11-24(17)28)33-9-2-10-35-13-18-15-36(16-19(18)14-35)26(38)23-12-34-37(25(23)27(30,31)32)22-7-4-20(29)5-8-22/h3-8,11-12,18-19,33H,2,9-10,13-16H2,1H3. The number of aryl methyl sites for hydroxylation is 1. The average molecular weight is 550 g/mol. The fourth-order valence-corrected chi connectivity index (χ4v) is 5.58. The lowest BCUT2D eigenvalue weighted by molar-refractivity contribution is -0.143. The van der Waals surface area contributed by atoms with E-state index in [0.29, 0.717) is 17.8 Å². The fourth-order valence-electron chi connectivity index (χ4n) is 5.40. The third-order valence-electron chi connectivity index (χ3n) is 7.34. The molecular weight excluding hydrogens is 522 g/mol. The Hall–Kier alpha value is -3.11. The van der Waals surface area contributed by atoms with Gasteiger partial charge < -0.3 is 15.1 Å². The Morgan fingerprint density at radius 2 is 1.76 bits per heavy atom. The second-order valence-electron chi connectivity index (χ2n) is 10.0. The van der Waals surface area contributed by atoms with E-state index in [9.17, 15) is 22.4 Å². The second kappa shape index (κ2) is 10.6. The number of fused-ring (bicyclic) bond motifs is 1. The van der Waals surface area contributed by atoms with Crippen molar-refractivity contribution in [1.82, 2.24) is 19.6 Å². The maximum atomic E-state index is 14.0. The number of anilines is 1. The Morgan fingerprint density at radius 1 is 1.08 bits per heavy atom. The highest BCUT2D eigenvalue weighted by molar-refractivity contribution is 6.31. The largest absolute Gasteiger partial charge is 0.434 e. The van der Waals surface area contributed by atoms with Crippen LogP contribution in [0.3, 0.4) is 0 Å². The number of alkyl halides is 3. The molecule has 38 heavy (non-hydrogen) atoms. The van der Waals surface area contributed by atoms with Gasteiger partial charge >= 0.3 is 6.18 Å². The van der Waals surface area contributed by atoms with E-state index < -0.39 is 29.2 Å². The van der Waals surface area contributed by atoms with E-state index in [-0.39, 0.29) is 17.5 Å². The number of halogens is 5. The molecule has 2 saturated heterocycles. The van der Waals surface area contributed by atoms with Crippen LogP contribution in [0, 0.1) is 24.6 Å². The van der Waals surface area contributed by atoms with E-state index in [0.717, 1.165) is 67.2 Å². The lowest BCUT2D eigenvalue weighted by atomic mass is 10.0. The third kappa shape index (κ3) is 5.51. The Balaban J connectivity index is 1.17. The Labute approximate surface area is 223 Å². The van der Waals surface area contributed by atoms with Gasteiger partial charge in [0, 0.05) is 43.4 Å². The van der Waals surface area contributed by atoms with Crippen molar-refractivity contribution in [2.24, 2.45) is 11.8 Å². The second-order valence-corrected chi connectivity index (χ2v) is 10.4. The molecule has 0 radical (unpaired) electrons. The van der Waals surface area contributed by atoms with Gasteiger partial charge in [-0.15, -0.1) is 0 Å². The first-order valence-corrected chi connectivity index (χ1v) is 12.9.